The highest BCUT2D eigenvalue weighted by molar-refractivity contribution is 8.15. The van der Waals surface area contributed by atoms with Gasteiger partial charge in [-0.25, -0.2) is 0 Å². The van der Waals surface area contributed by atoms with Crippen molar-refractivity contribution in [3.05, 3.63) is 94.0 Å². The largest absolute Gasteiger partial charge is 0.492 e. The Balaban J connectivity index is 1.21. The van der Waals surface area contributed by atoms with Gasteiger partial charge in [0.25, 0.3) is 5.24 Å². The molecule has 5 rings (SSSR count). The summed E-state index contributed by atoms with van der Waals surface area (Å²) >= 11 is 1.05. The van der Waals surface area contributed by atoms with E-state index in [0.717, 1.165) is 47.4 Å². The van der Waals surface area contributed by atoms with E-state index >= 15 is 0 Å². The molecule has 8 heteroatoms. The Labute approximate surface area is 252 Å². The summed E-state index contributed by atoms with van der Waals surface area (Å²) in [5.41, 5.74) is 6.89. The van der Waals surface area contributed by atoms with Crippen molar-refractivity contribution in [2.24, 2.45) is 0 Å². The standard InChI is InChI=1S/C34H40N2O5S/c1-22-19-23(2)30-28(34(4,5)41-31(30)24(22)3)15-16-36(40-21-26-9-7-6-8-10-26)17-18-39-27-13-11-25(12-14-27)20-29-32(37)35-33(38)42-29/h6-14,19,28-29H,15-18,20-21H2,1-5H3,(H,35,37,38). The third-order valence-electron chi connectivity index (χ3n) is 8.23. The van der Waals surface area contributed by atoms with Crippen LogP contribution < -0.4 is 14.8 Å². The number of benzene rings is 3. The fourth-order valence-electron chi connectivity index (χ4n) is 5.79. The average Bonchev–Trinajstić information content (AvgIpc) is 3.43. The fraction of sp³-hybridized carbons (Fsp3) is 0.412. The number of rotatable bonds is 12. The van der Waals surface area contributed by atoms with Crippen molar-refractivity contribution in [2.75, 3.05) is 19.7 Å². The number of carbonyl (C=O) groups is 2. The second-order valence-electron chi connectivity index (χ2n) is 11.7. The number of hydroxylamine groups is 2. The molecule has 0 spiro atoms. The SMILES string of the molecule is Cc1cc(C)c2c(c1C)OC(C)(C)C2CCN(CCOc1ccc(CC2SC(=O)NC2=O)cc1)OCc1ccccc1. The maximum Gasteiger partial charge on any atom is 0.286 e. The Bertz CT molecular complexity index is 1420. The topological polar surface area (TPSA) is 77.1 Å². The van der Waals surface area contributed by atoms with Gasteiger partial charge in [0, 0.05) is 18.0 Å². The summed E-state index contributed by atoms with van der Waals surface area (Å²) < 4.78 is 12.6. The van der Waals surface area contributed by atoms with E-state index in [1.807, 2.05) is 47.5 Å². The van der Waals surface area contributed by atoms with Gasteiger partial charge in [-0.3, -0.25) is 19.7 Å². The van der Waals surface area contributed by atoms with Crippen LogP contribution in [0.2, 0.25) is 0 Å². The highest BCUT2D eigenvalue weighted by Crippen LogP contribution is 2.50. The summed E-state index contributed by atoms with van der Waals surface area (Å²) in [7, 11) is 0. The van der Waals surface area contributed by atoms with Crippen LogP contribution in [-0.2, 0) is 22.7 Å². The number of thioether (sulfide) groups is 1. The molecule has 1 N–H and O–H groups in total. The van der Waals surface area contributed by atoms with Gasteiger partial charge in [0.05, 0.1) is 18.4 Å². The molecule has 2 heterocycles. The summed E-state index contributed by atoms with van der Waals surface area (Å²) in [6.45, 7) is 13.1. The summed E-state index contributed by atoms with van der Waals surface area (Å²) in [6.07, 6.45) is 1.40. The van der Waals surface area contributed by atoms with Crippen molar-refractivity contribution < 1.29 is 23.9 Å². The van der Waals surface area contributed by atoms with Crippen LogP contribution in [0.4, 0.5) is 4.79 Å². The molecule has 0 aromatic heterocycles. The van der Waals surface area contributed by atoms with Crippen molar-refractivity contribution in [1.29, 1.82) is 0 Å². The zero-order chi connectivity index (χ0) is 29.9. The van der Waals surface area contributed by atoms with Crippen LogP contribution in [0.1, 0.15) is 59.6 Å². The number of aryl methyl sites for hydroxylation is 2. The Morgan fingerprint density at radius 1 is 0.952 bits per heavy atom. The molecule has 2 aliphatic heterocycles. The van der Waals surface area contributed by atoms with Gasteiger partial charge in [-0.15, -0.1) is 0 Å². The number of nitrogens with zero attached hydrogens (tertiary/aromatic N) is 1. The number of nitrogens with one attached hydrogen (secondary N) is 1. The zero-order valence-corrected chi connectivity index (χ0v) is 25.9. The van der Waals surface area contributed by atoms with E-state index in [9.17, 15) is 9.59 Å². The first-order valence-corrected chi connectivity index (χ1v) is 15.4. The molecule has 2 amide bonds. The van der Waals surface area contributed by atoms with Crippen molar-refractivity contribution in [2.45, 2.75) is 70.8 Å². The van der Waals surface area contributed by atoms with Gasteiger partial charge in [-0.05, 0) is 87.4 Å². The predicted molar refractivity (Wildman–Crippen MR) is 166 cm³/mol. The van der Waals surface area contributed by atoms with E-state index in [2.05, 4.69) is 58.1 Å². The molecule has 2 unspecified atom stereocenters. The summed E-state index contributed by atoms with van der Waals surface area (Å²) in [5.74, 6) is 1.82. The maximum absolute atomic E-state index is 11.9. The van der Waals surface area contributed by atoms with Crippen LogP contribution in [0.25, 0.3) is 0 Å². The monoisotopic (exact) mass is 588 g/mol. The van der Waals surface area contributed by atoms with Gasteiger partial charge >= 0.3 is 0 Å². The normalized spacial score (nSPS) is 19.1. The smallest absolute Gasteiger partial charge is 0.286 e. The molecule has 42 heavy (non-hydrogen) atoms. The van der Waals surface area contributed by atoms with Gasteiger partial charge in [-0.2, -0.15) is 5.06 Å². The highest BCUT2D eigenvalue weighted by Gasteiger charge is 2.43. The highest BCUT2D eigenvalue weighted by atomic mass is 32.2. The summed E-state index contributed by atoms with van der Waals surface area (Å²) in [6, 6.07) is 20.2. The lowest BCUT2D eigenvalue weighted by Gasteiger charge is -2.29. The number of amides is 2. The van der Waals surface area contributed by atoms with Crippen LogP contribution >= 0.6 is 11.8 Å². The Morgan fingerprint density at radius 2 is 1.69 bits per heavy atom. The van der Waals surface area contributed by atoms with Crippen LogP contribution in [0.5, 0.6) is 11.5 Å². The van der Waals surface area contributed by atoms with Crippen LogP contribution in [-0.4, -0.2) is 46.8 Å². The van der Waals surface area contributed by atoms with Crippen molar-refractivity contribution in [3.63, 3.8) is 0 Å². The molecule has 1 fully saturated rings. The number of carbonyl (C=O) groups excluding carboxylic acids is 2. The zero-order valence-electron chi connectivity index (χ0n) is 25.1. The Kier molecular flexibility index (Phi) is 9.25. The molecule has 0 radical (unpaired) electrons. The average molecular weight is 589 g/mol. The van der Waals surface area contributed by atoms with Gasteiger partial charge in [0.15, 0.2) is 0 Å². The molecule has 3 aromatic rings. The van der Waals surface area contributed by atoms with E-state index < -0.39 is 0 Å². The van der Waals surface area contributed by atoms with Crippen molar-refractivity contribution in [1.82, 2.24) is 10.4 Å². The Hall–Kier alpha value is -3.33. The molecular weight excluding hydrogens is 548 g/mol. The van der Waals surface area contributed by atoms with Gasteiger partial charge < -0.3 is 9.47 Å². The molecule has 7 nitrogen and oxygen atoms in total. The van der Waals surface area contributed by atoms with Gasteiger partial charge in [0.2, 0.25) is 5.91 Å². The first kappa shape index (κ1) is 30.1. The number of imide groups is 1. The quantitative estimate of drug-likeness (QED) is 0.237. The minimum Gasteiger partial charge on any atom is -0.492 e. The van der Waals surface area contributed by atoms with E-state index in [1.165, 1.54) is 22.3 Å². The number of hydrogen-bond acceptors (Lipinski definition) is 7. The molecule has 0 aliphatic carbocycles. The lowest BCUT2D eigenvalue weighted by atomic mass is 9.81. The van der Waals surface area contributed by atoms with E-state index in [4.69, 9.17) is 14.3 Å². The van der Waals surface area contributed by atoms with E-state index in [0.29, 0.717) is 26.2 Å². The molecule has 2 atom stereocenters. The van der Waals surface area contributed by atoms with E-state index in [-0.39, 0.29) is 27.9 Å². The lowest BCUT2D eigenvalue weighted by Crippen LogP contribution is -2.35. The number of ether oxygens (including phenoxy) is 2. The van der Waals surface area contributed by atoms with Crippen molar-refractivity contribution in [3.8, 4) is 11.5 Å². The van der Waals surface area contributed by atoms with Crippen LogP contribution in [0.3, 0.4) is 0 Å². The minimum atomic E-state index is -0.376. The summed E-state index contributed by atoms with van der Waals surface area (Å²) in [5, 5.41) is 3.70. The van der Waals surface area contributed by atoms with Crippen molar-refractivity contribution >= 4 is 22.9 Å². The molecule has 0 saturated carbocycles. The number of fused-ring (bicyclic) bond motifs is 1. The third kappa shape index (κ3) is 7.00. The molecule has 222 valence electrons. The molecule has 1 saturated heterocycles. The van der Waals surface area contributed by atoms with Crippen LogP contribution in [0.15, 0.2) is 60.7 Å². The lowest BCUT2D eigenvalue weighted by molar-refractivity contribution is -0.175. The second-order valence-corrected chi connectivity index (χ2v) is 12.9. The molecular formula is C34H40N2O5S. The summed E-state index contributed by atoms with van der Waals surface area (Å²) in [4.78, 5) is 29.6. The first-order chi connectivity index (χ1) is 20.1. The number of hydrogen-bond donors (Lipinski definition) is 1. The molecule has 3 aromatic carbocycles. The van der Waals surface area contributed by atoms with Gasteiger partial charge in [-0.1, -0.05) is 60.3 Å². The second kappa shape index (κ2) is 12.9. The predicted octanol–water partition coefficient (Wildman–Crippen LogP) is 6.66. The minimum absolute atomic E-state index is 0.225. The molecule has 0 bridgehead atoms. The molecule has 2 aliphatic rings. The Morgan fingerprint density at radius 3 is 2.38 bits per heavy atom. The van der Waals surface area contributed by atoms with Gasteiger partial charge in [0.1, 0.15) is 23.7 Å². The van der Waals surface area contributed by atoms with Crippen LogP contribution in [0, 0.1) is 20.8 Å². The van der Waals surface area contributed by atoms with E-state index in [1.54, 1.807) is 0 Å². The maximum atomic E-state index is 11.9. The fourth-order valence-corrected chi connectivity index (χ4v) is 6.65. The first-order valence-electron chi connectivity index (χ1n) is 14.6. The third-order valence-corrected chi connectivity index (χ3v) is 9.21.